The summed E-state index contributed by atoms with van der Waals surface area (Å²) < 4.78 is 2.28. The van der Waals surface area contributed by atoms with Gasteiger partial charge in [-0.25, -0.2) is 0 Å². The zero-order valence-electron chi connectivity index (χ0n) is 13.1. The molecule has 2 amide bonds. The minimum absolute atomic E-state index is 0.0471. The minimum atomic E-state index is -2.75. The molecule has 2 aromatic rings. The van der Waals surface area contributed by atoms with Crippen LogP contribution in [-0.2, 0) is 4.79 Å². The van der Waals surface area contributed by atoms with Crippen LogP contribution in [0.25, 0.3) is 6.08 Å². The van der Waals surface area contributed by atoms with Gasteiger partial charge >= 0.3 is 157 Å². The SMILES string of the molecule is O=C1NC(=O)C([CH]2c3ccc[c]4c3C=[C](C(=O)c3ccccc3)[In]42)S1. The number of carbonyl (C=O) groups is 3. The molecule has 1 fully saturated rings. The third-order valence-electron chi connectivity index (χ3n) is 5.20. The van der Waals surface area contributed by atoms with Gasteiger partial charge in [-0.1, -0.05) is 0 Å². The van der Waals surface area contributed by atoms with Gasteiger partial charge in [0.25, 0.3) is 0 Å². The van der Waals surface area contributed by atoms with Gasteiger partial charge in [0.2, 0.25) is 0 Å². The van der Waals surface area contributed by atoms with E-state index in [1.165, 1.54) is 3.32 Å². The second-order valence-electron chi connectivity index (χ2n) is 6.46. The molecule has 0 aliphatic carbocycles. The number of rotatable bonds is 3. The van der Waals surface area contributed by atoms with Crippen LogP contribution in [-0.4, -0.2) is 43.6 Å². The van der Waals surface area contributed by atoms with Crippen molar-refractivity contribution in [1.82, 2.24) is 5.32 Å². The van der Waals surface area contributed by atoms with Crippen LogP contribution in [0.15, 0.2) is 51.9 Å². The van der Waals surface area contributed by atoms with Crippen molar-refractivity contribution in [1.29, 1.82) is 0 Å². The standard InChI is InChI=1S/C19H12NO3S.In/c21-16(14-7-2-1-3-8-14)11-10-13-6-4-5-9-15(13)12-17-18(22)20-19(23)24-17;/h1-5,7-10,12,17H,(H,20,22,23);. The van der Waals surface area contributed by atoms with Crippen LogP contribution in [0.3, 0.4) is 0 Å². The first-order valence-electron chi connectivity index (χ1n) is 8.11. The molecule has 0 radical (unpaired) electrons. The Morgan fingerprint density at radius 2 is 1.84 bits per heavy atom. The molecule has 0 aromatic heterocycles. The second-order valence-corrected chi connectivity index (χ2v) is 15.9. The Morgan fingerprint density at radius 3 is 2.52 bits per heavy atom. The summed E-state index contributed by atoms with van der Waals surface area (Å²) in [5, 5.41) is 1.74. The van der Waals surface area contributed by atoms with E-state index in [9.17, 15) is 14.4 Å². The predicted octanol–water partition coefficient (Wildman–Crippen LogP) is 2.20. The maximum atomic E-state index is 13.1. The molecule has 1 N–H and O–H groups in total. The molecule has 3 heterocycles. The Hall–Kier alpha value is -1.79. The summed E-state index contributed by atoms with van der Waals surface area (Å²) in [5.41, 5.74) is 3.00. The third kappa shape index (κ3) is 2.20. The first-order chi connectivity index (χ1) is 12.1. The van der Waals surface area contributed by atoms with Crippen LogP contribution in [0.2, 0.25) is 0 Å². The fraction of sp³-hybridized carbons (Fsp3) is 0.105. The van der Waals surface area contributed by atoms with Crippen LogP contribution in [0.1, 0.15) is 25.2 Å². The number of allylic oxidation sites excluding steroid dienone is 1. The van der Waals surface area contributed by atoms with Gasteiger partial charge in [-0.15, -0.1) is 0 Å². The first kappa shape index (κ1) is 15.5. The molecule has 3 aliphatic rings. The maximum absolute atomic E-state index is 13.1. The Morgan fingerprint density at radius 1 is 1.04 bits per heavy atom. The third-order valence-corrected chi connectivity index (χ3v) is 17.7. The quantitative estimate of drug-likeness (QED) is 0.731. The Balaban J connectivity index is 1.59. The van der Waals surface area contributed by atoms with E-state index in [2.05, 4.69) is 23.5 Å². The molecule has 2 atom stereocenters. The molecule has 1 saturated heterocycles. The summed E-state index contributed by atoms with van der Waals surface area (Å²) in [5.74, 6) is -0.119. The van der Waals surface area contributed by atoms with Crippen LogP contribution in [0.5, 0.6) is 0 Å². The fourth-order valence-corrected chi connectivity index (χ4v) is 18.2. The number of Topliss-reactive ketones (excluding diaryl/α,β-unsaturated/α-hetero) is 1. The Bertz CT molecular complexity index is 985. The predicted molar refractivity (Wildman–Crippen MR) is 98.2 cm³/mol. The van der Waals surface area contributed by atoms with Gasteiger partial charge < -0.3 is 0 Å². The van der Waals surface area contributed by atoms with Gasteiger partial charge in [-0.3, -0.25) is 0 Å². The molecular formula is C19H12InNO3S. The van der Waals surface area contributed by atoms with Crippen molar-refractivity contribution in [3.63, 3.8) is 0 Å². The van der Waals surface area contributed by atoms with E-state index in [-0.39, 0.29) is 25.9 Å². The number of thioether (sulfide) groups is 1. The number of imide groups is 1. The summed E-state index contributed by atoms with van der Waals surface area (Å²) in [6, 6.07) is 15.5. The molecule has 6 heteroatoms. The van der Waals surface area contributed by atoms with Crippen LogP contribution in [0.4, 0.5) is 4.79 Å². The van der Waals surface area contributed by atoms with Gasteiger partial charge in [-0.2, -0.15) is 0 Å². The molecule has 2 unspecified atom stereocenters. The molecule has 0 saturated carbocycles. The second kappa shape index (κ2) is 5.61. The van der Waals surface area contributed by atoms with E-state index in [1.54, 1.807) is 0 Å². The van der Waals surface area contributed by atoms with Gasteiger partial charge in [0.05, 0.1) is 0 Å². The van der Waals surface area contributed by atoms with Gasteiger partial charge in [0.1, 0.15) is 0 Å². The fourth-order valence-electron chi connectivity index (χ4n) is 4.22. The van der Waals surface area contributed by atoms with Crippen molar-refractivity contribution in [2.24, 2.45) is 0 Å². The van der Waals surface area contributed by atoms with Crippen molar-refractivity contribution >= 4 is 59.5 Å². The van der Waals surface area contributed by atoms with E-state index >= 15 is 0 Å². The number of carbonyl (C=O) groups excluding carboxylic acids is 3. The topological polar surface area (TPSA) is 63.2 Å². The number of benzene rings is 2. The molecule has 5 rings (SSSR count). The average Bonchev–Trinajstić information content (AvgIpc) is 3.21. The number of hydrogen-bond donors (Lipinski definition) is 1. The zero-order chi connectivity index (χ0) is 17.1. The van der Waals surface area contributed by atoms with E-state index in [0.29, 0.717) is 5.56 Å². The molecule has 3 aliphatic heterocycles. The zero-order valence-corrected chi connectivity index (χ0v) is 17.2. The molecule has 25 heavy (non-hydrogen) atoms. The Kier molecular flexibility index (Phi) is 3.47. The van der Waals surface area contributed by atoms with Gasteiger partial charge in [-0.05, 0) is 0 Å². The molecule has 4 bridgehead atoms. The average molecular weight is 449 g/mol. The van der Waals surface area contributed by atoms with E-state index < -0.39 is 21.4 Å². The molecule has 2 aromatic carbocycles. The van der Waals surface area contributed by atoms with Crippen molar-refractivity contribution < 1.29 is 14.4 Å². The summed E-state index contributed by atoms with van der Waals surface area (Å²) in [4.78, 5) is 37.0. The van der Waals surface area contributed by atoms with Crippen LogP contribution < -0.4 is 8.64 Å². The summed E-state index contributed by atoms with van der Waals surface area (Å²) in [6.45, 7) is 0. The van der Waals surface area contributed by atoms with Crippen molar-refractivity contribution in [2.75, 3.05) is 0 Å². The number of hydrogen-bond acceptors (Lipinski definition) is 4. The molecule has 120 valence electrons. The van der Waals surface area contributed by atoms with Crippen molar-refractivity contribution in [3.05, 3.63) is 68.6 Å². The molecule has 0 spiro atoms. The number of amides is 2. The van der Waals surface area contributed by atoms with E-state index in [4.69, 9.17) is 0 Å². The summed E-state index contributed by atoms with van der Waals surface area (Å²) >= 11 is -1.66. The summed E-state index contributed by atoms with van der Waals surface area (Å²) in [7, 11) is 0. The first-order valence-corrected chi connectivity index (χ1v) is 14.2. The van der Waals surface area contributed by atoms with Gasteiger partial charge in [0, 0.05) is 0 Å². The Labute approximate surface area is 156 Å². The summed E-state index contributed by atoms with van der Waals surface area (Å²) in [6.07, 6.45) is 2.05. The van der Waals surface area contributed by atoms with Crippen molar-refractivity contribution in [3.8, 4) is 0 Å². The molecule has 4 nitrogen and oxygen atoms in total. The monoisotopic (exact) mass is 449 g/mol. The number of ketones is 1. The van der Waals surface area contributed by atoms with Crippen LogP contribution >= 0.6 is 11.8 Å². The van der Waals surface area contributed by atoms with E-state index in [0.717, 1.165) is 26.2 Å². The normalized spacial score (nSPS) is 23.0. The van der Waals surface area contributed by atoms with E-state index in [1.807, 2.05) is 36.4 Å². The van der Waals surface area contributed by atoms with Gasteiger partial charge in [0.15, 0.2) is 0 Å². The van der Waals surface area contributed by atoms with Crippen LogP contribution in [0, 0.1) is 0 Å². The molecular weight excluding hydrogens is 437 g/mol. The number of nitrogens with one attached hydrogen (secondary N) is 1. The van der Waals surface area contributed by atoms with Crippen molar-refractivity contribution in [2.45, 2.75) is 8.92 Å².